The van der Waals surface area contributed by atoms with E-state index in [9.17, 15) is 4.79 Å². The Morgan fingerprint density at radius 2 is 2.31 bits per heavy atom. The Labute approximate surface area is 96.3 Å². The third-order valence-electron chi connectivity index (χ3n) is 4.04. The van der Waals surface area contributed by atoms with Crippen molar-refractivity contribution in [2.75, 3.05) is 20.1 Å². The molecule has 0 aliphatic carbocycles. The minimum absolute atomic E-state index is 0.107. The van der Waals surface area contributed by atoms with Crippen LogP contribution < -0.4 is 5.32 Å². The lowest BCUT2D eigenvalue weighted by Crippen LogP contribution is -2.58. The van der Waals surface area contributed by atoms with Crippen LogP contribution in [0.5, 0.6) is 0 Å². The summed E-state index contributed by atoms with van der Waals surface area (Å²) in [5.74, 6) is 0.388. The van der Waals surface area contributed by atoms with E-state index in [0.29, 0.717) is 18.4 Å². The van der Waals surface area contributed by atoms with Gasteiger partial charge in [-0.15, -0.1) is 0 Å². The number of likely N-dealkylation sites (tertiary alicyclic amines) is 1. The summed E-state index contributed by atoms with van der Waals surface area (Å²) < 4.78 is 0. The van der Waals surface area contributed by atoms with E-state index in [4.69, 9.17) is 5.41 Å². The molecular formula is C11H20N4O. The summed E-state index contributed by atoms with van der Waals surface area (Å²) in [6.07, 6.45) is 1.72. The summed E-state index contributed by atoms with van der Waals surface area (Å²) in [4.78, 5) is 15.8. The number of carbonyl (C=O) groups excluding carboxylic acids is 1. The lowest BCUT2D eigenvalue weighted by molar-refractivity contribution is 0.0857. The summed E-state index contributed by atoms with van der Waals surface area (Å²) in [5.41, 5.74) is -0.363. The van der Waals surface area contributed by atoms with E-state index in [1.54, 1.807) is 0 Å². The van der Waals surface area contributed by atoms with Gasteiger partial charge in [0.15, 0.2) is 0 Å². The molecule has 2 amide bonds. The van der Waals surface area contributed by atoms with Crippen molar-refractivity contribution in [1.82, 2.24) is 15.1 Å². The zero-order chi connectivity index (χ0) is 11.9. The minimum atomic E-state index is -0.363. The van der Waals surface area contributed by atoms with Gasteiger partial charge >= 0.3 is 6.03 Å². The van der Waals surface area contributed by atoms with Gasteiger partial charge in [0, 0.05) is 19.1 Å². The minimum Gasteiger partial charge on any atom is -0.312 e. The number of urea groups is 1. The van der Waals surface area contributed by atoms with Crippen molar-refractivity contribution in [2.45, 2.75) is 38.3 Å². The number of hydrogen-bond acceptors (Lipinski definition) is 3. The normalized spacial score (nSPS) is 35.9. The number of nitrogens with one attached hydrogen (secondary N) is 2. The lowest BCUT2D eigenvalue weighted by atomic mass is 9.82. The molecule has 0 aromatic heterocycles. The van der Waals surface area contributed by atoms with Gasteiger partial charge in [-0.2, -0.15) is 0 Å². The standard InChI is InChI=1S/C11H20N4O/c1-4-15-10(16)13-9(12)11(15)5-6-14(3)8(2)7-11/h8H,4-7H2,1-3H3,(H2,12,13,16). The summed E-state index contributed by atoms with van der Waals surface area (Å²) in [6, 6.07) is 0.306. The van der Waals surface area contributed by atoms with Gasteiger partial charge in [-0.1, -0.05) is 0 Å². The van der Waals surface area contributed by atoms with Crippen molar-refractivity contribution in [3.8, 4) is 0 Å². The maximum Gasteiger partial charge on any atom is 0.323 e. The van der Waals surface area contributed by atoms with Crippen LogP contribution >= 0.6 is 0 Å². The van der Waals surface area contributed by atoms with E-state index in [0.717, 1.165) is 19.4 Å². The van der Waals surface area contributed by atoms with Crippen LogP contribution in [0, 0.1) is 5.41 Å². The average Bonchev–Trinajstić information content (AvgIpc) is 2.45. The van der Waals surface area contributed by atoms with E-state index >= 15 is 0 Å². The maximum absolute atomic E-state index is 11.7. The topological polar surface area (TPSA) is 59.4 Å². The van der Waals surface area contributed by atoms with Crippen LogP contribution in [0.1, 0.15) is 26.7 Å². The molecule has 16 heavy (non-hydrogen) atoms. The Morgan fingerprint density at radius 3 is 2.88 bits per heavy atom. The average molecular weight is 224 g/mol. The Bertz CT molecular complexity index is 330. The van der Waals surface area contributed by atoms with Gasteiger partial charge in [0.05, 0.1) is 0 Å². The van der Waals surface area contributed by atoms with Gasteiger partial charge < -0.3 is 9.80 Å². The first-order valence-corrected chi connectivity index (χ1v) is 5.89. The van der Waals surface area contributed by atoms with Gasteiger partial charge in [0.2, 0.25) is 0 Å². The lowest BCUT2D eigenvalue weighted by Gasteiger charge is -2.45. The zero-order valence-electron chi connectivity index (χ0n) is 10.2. The molecule has 90 valence electrons. The van der Waals surface area contributed by atoms with E-state index in [1.807, 2.05) is 11.8 Å². The van der Waals surface area contributed by atoms with Gasteiger partial charge in [-0.3, -0.25) is 10.7 Å². The second-order valence-electron chi connectivity index (χ2n) is 4.86. The van der Waals surface area contributed by atoms with Crippen LogP contribution in [-0.2, 0) is 0 Å². The third kappa shape index (κ3) is 1.42. The van der Waals surface area contributed by atoms with Crippen LogP contribution in [0.25, 0.3) is 0 Å². The fraction of sp³-hybridized carbons (Fsp3) is 0.818. The van der Waals surface area contributed by atoms with Crippen LogP contribution in [0.4, 0.5) is 4.79 Å². The quantitative estimate of drug-likeness (QED) is 0.694. The van der Waals surface area contributed by atoms with E-state index in [2.05, 4.69) is 24.2 Å². The fourth-order valence-electron chi connectivity index (χ4n) is 2.87. The molecule has 2 aliphatic rings. The molecule has 0 aromatic carbocycles. The van der Waals surface area contributed by atoms with Gasteiger partial charge in [-0.05, 0) is 33.7 Å². The maximum atomic E-state index is 11.7. The highest BCUT2D eigenvalue weighted by atomic mass is 16.2. The van der Waals surface area contributed by atoms with Gasteiger partial charge in [-0.25, -0.2) is 4.79 Å². The van der Waals surface area contributed by atoms with Crippen molar-refractivity contribution in [1.29, 1.82) is 5.41 Å². The first-order valence-electron chi connectivity index (χ1n) is 5.89. The number of amides is 2. The third-order valence-corrected chi connectivity index (χ3v) is 4.04. The zero-order valence-corrected chi connectivity index (χ0v) is 10.2. The van der Waals surface area contributed by atoms with E-state index in [1.165, 1.54) is 0 Å². The predicted molar refractivity (Wildman–Crippen MR) is 62.7 cm³/mol. The van der Waals surface area contributed by atoms with Crippen molar-refractivity contribution in [3.05, 3.63) is 0 Å². The number of likely N-dealkylation sites (N-methyl/N-ethyl adjacent to an activating group) is 1. The molecule has 5 heteroatoms. The molecule has 2 atom stereocenters. The van der Waals surface area contributed by atoms with Crippen LogP contribution in [0.2, 0.25) is 0 Å². The van der Waals surface area contributed by atoms with Crippen molar-refractivity contribution < 1.29 is 4.79 Å². The molecule has 2 unspecified atom stereocenters. The summed E-state index contributed by atoms with van der Waals surface area (Å²) in [7, 11) is 2.10. The first-order chi connectivity index (χ1) is 7.51. The van der Waals surface area contributed by atoms with Gasteiger partial charge in [0.1, 0.15) is 11.4 Å². The molecule has 0 radical (unpaired) electrons. The number of rotatable bonds is 1. The molecule has 0 saturated carbocycles. The van der Waals surface area contributed by atoms with Crippen molar-refractivity contribution in [3.63, 3.8) is 0 Å². The molecule has 0 bridgehead atoms. The number of amidine groups is 1. The molecule has 0 aromatic rings. The number of carbonyl (C=O) groups is 1. The monoisotopic (exact) mass is 224 g/mol. The Balaban J connectivity index is 2.29. The molecule has 2 saturated heterocycles. The Morgan fingerprint density at radius 1 is 1.62 bits per heavy atom. The molecule has 5 nitrogen and oxygen atoms in total. The highest BCUT2D eigenvalue weighted by Crippen LogP contribution is 2.35. The van der Waals surface area contributed by atoms with Gasteiger partial charge in [0.25, 0.3) is 0 Å². The smallest absolute Gasteiger partial charge is 0.312 e. The first kappa shape index (κ1) is 11.4. The second-order valence-corrected chi connectivity index (χ2v) is 4.86. The Hall–Kier alpha value is -1.10. The summed E-state index contributed by atoms with van der Waals surface area (Å²) >= 11 is 0. The fourth-order valence-corrected chi connectivity index (χ4v) is 2.87. The van der Waals surface area contributed by atoms with Crippen molar-refractivity contribution in [2.24, 2.45) is 0 Å². The summed E-state index contributed by atoms with van der Waals surface area (Å²) in [6.45, 7) is 5.74. The SMILES string of the molecule is CCN1C(=O)NC(=N)C12CCN(C)C(C)C2. The van der Waals surface area contributed by atoms with Crippen LogP contribution in [0.3, 0.4) is 0 Å². The molecule has 2 aliphatic heterocycles. The van der Waals surface area contributed by atoms with Crippen LogP contribution in [-0.4, -0.2) is 53.4 Å². The predicted octanol–water partition coefficient (Wildman–Crippen LogP) is 0.862. The van der Waals surface area contributed by atoms with E-state index in [-0.39, 0.29) is 11.6 Å². The molecule has 2 N–H and O–H groups in total. The highest BCUT2D eigenvalue weighted by molar-refractivity contribution is 6.08. The number of nitrogens with zero attached hydrogens (tertiary/aromatic N) is 2. The molecule has 2 rings (SSSR count). The Kier molecular flexibility index (Phi) is 2.66. The number of piperidine rings is 1. The number of hydrogen-bond donors (Lipinski definition) is 2. The molecule has 2 fully saturated rings. The molecule has 2 heterocycles. The van der Waals surface area contributed by atoms with Crippen molar-refractivity contribution >= 4 is 11.9 Å². The highest BCUT2D eigenvalue weighted by Gasteiger charge is 2.51. The molecule has 1 spiro atoms. The molecular weight excluding hydrogens is 204 g/mol. The second kappa shape index (κ2) is 3.73. The largest absolute Gasteiger partial charge is 0.323 e. The summed E-state index contributed by atoms with van der Waals surface area (Å²) in [5, 5.41) is 10.7. The van der Waals surface area contributed by atoms with E-state index < -0.39 is 0 Å². The van der Waals surface area contributed by atoms with Crippen LogP contribution in [0.15, 0.2) is 0 Å².